The molecule has 2 heterocycles. The third-order valence-electron chi connectivity index (χ3n) is 5.76. The summed E-state index contributed by atoms with van der Waals surface area (Å²) in [6.07, 6.45) is 1.40. The maximum atomic E-state index is 13.3. The minimum atomic E-state index is -0.176. The Balaban J connectivity index is 1.94. The Morgan fingerprint density at radius 3 is 2.47 bits per heavy atom. The van der Waals surface area contributed by atoms with E-state index < -0.39 is 0 Å². The molecule has 0 saturated heterocycles. The number of nitrogens with zero attached hydrogens (tertiary/aromatic N) is 4. The van der Waals surface area contributed by atoms with Gasteiger partial charge in [0.1, 0.15) is 12.3 Å². The topological polar surface area (TPSA) is 115 Å². The van der Waals surface area contributed by atoms with Gasteiger partial charge in [0.05, 0.1) is 13.2 Å². The number of unbranched alkanes of at least 4 members (excludes halogenated alkanes) is 1. The van der Waals surface area contributed by atoms with Gasteiger partial charge in [-0.05, 0) is 62.8 Å². The fraction of sp³-hybridized carbons (Fsp3) is 0.520. The van der Waals surface area contributed by atoms with Crippen LogP contribution in [0.3, 0.4) is 0 Å². The van der Waals surface area contributed by atoms with Crippen LogP contribution in [0.15, 0.2) is 18.2 Å². The molecule has 0 saturated carbocycles. The lowest BCUT2D eigenvalue weighted by Crippen LogP contribution is -2.26. The number of ether oxygens (including phenoxy) is 2. The number of rotatable bonds is 10. The summed E-state index contributed by atoms with van der Waals surface area (Å²) >= 11 is 0. The molecule has 0 unspecified atom stereocenters. The van der Waals surface area contributed by atoms with Gasteiger partial charge in [0, 0.05) is 23.3 Å². The predicted molar refractivity (Wildman–Crippen MR) is 129 cm³/mol. The van der Waals surface area contributed by atoms with Crippen LogP contribution in [0.5, 0.6) is 11.6 Å². The monoisotopic (exact) mass is 469 g/mol. The van der Waals surface area contributed by atoms with Crippen molar-refractivity contribution < 1.29 is 19.4 Å². The highest BCUT2D eigenvalue weighted by Crippen LogP contribution is 2.28. The van der Waals surface area contributed by atoms with E-state index in [1.54, 1.807) is 6.07 Å². The highest BCUT2D eigenvalue weighted by molar-refractivity contribution is 5.96. The van der Waals surface area contributed by atoms with Gasteiger partial charge in [0.15, 0.2) is 11.4 Å². The summed E-state index contributed by atoms with van der Waals surface area (Å²) < 4.78 is 14.2. The number of fused-ring (bicyclic) bond motifs is 1. The van der Waals surface area contributed by atoms with E-state index in [0.29, 0.717) is 42.5 Å². The van der Waals surface area contributed by atoms with Gasteiger partial charge in [-0.1, -0.05) is 20.8 Å². The van der Waals surface area contributed by atoms with Gasteiger partial charge in [-0.15, -0.1) is 10.2 Å². The molecule has 3 rings (SSSR count). The van der Waals surface area contributed by atoms with Crippen molar-refractivity contribution in [3.8, 4) is 11.6 Å². The lowest BCUT2D eigenvalue weighted by Gasteiger charge is -2.21. The summed E-state index contributed by atoms with van der Waals surface area (Å²) in [5, 5.41) is 26.4. The van der Waals surface area contributed by atoms with Crippen LogP contribution in [0.2, 0.25) is 0 Å². The Labute approximate surface area is 199 Å². The van der Waals surface area contributed by atoms with Gasteiger partial charge < -0.3 is 14.6 Å². The molecule has 9 nitrogen and oxygen atoms in total. The molecule has 0 aliphatic rings. The first kappa shape index (κ1) is 25.4. The van der Waals surface area contributed by atoms with Crippen LogP contribution in [0.1, 0.15) is 67.6 Å². The largest absolute Gasteiger partial charge is 0.494 e. The number of carbonyl (C=O) groups excluding carboxylic acids is 1. The van der Waals surface area contributed by atoms with E-state index in [-0.39, 0.29) is 30.0 Å². The highest BCUT2D eigenvalue weighted by Gasteiger charge is 2.20. The van der Waals surface area contributed by atoms with E-state index >= 15 is 0 Å². The second-order valence-electron chi connectivity index (χ2n) is 9.40. The molecular formula is C25H35N5O4. The molecule has 0 fully saturated rings. The Bertz CT molecular complexity index is 1240. The highest BCUT2D eigenvalue weighted by atomic mass is 16.5. The molecule has 1 aromatic carbocycles. The van der Waals surface area contributed by atoms with Crippen molar-refractivity contribution in [2.75, 3.05) is 19.8 Å². The molecule has 0 bridgehead atoms. The molecule has 9 heteroatoms. The van der Waals surface area contributed by atoms with Crippen LogP contribution in [0.25, 0.3) is 5.65 Å². The van der Waals surface area contributed by atoms with E-state index in [1.165, 1.54) is 9.20 Å². The van der Waals surface area contributed by atoms with Crippen molar-refractivity contribution in [1.82, 2.24) is 19.4 Å². The number of aliphatic hydroxyl groups is 1. The SMILES string of the molecule is CCOc1nn2c(=N)n(CC(=O)c3cc(OCCCCO)cc(C(C)(C)C)c3)nc2c(C)c1C. The number of hydrogen-bond acceptors (Lipinski definition) is 7. The number of carbonyl (C=O) groups is 1. The average Bonchev–Trinajstić information content (AvgIpc) is 3.09. The maximum Gasteiger partial charge on any atom is 0.242 e. The first-order valence-electron chi connectivity index (χ1n) is 11.6. The van der Waals surface area contributed by atoms with Crippen molar-refractivity contribution in [3.63, 3.8) is 0 Å². The zero-order chi connectivity index (χ0) is 25.0. The van der Waals surface area contributed by atoms with E-state index in [2.05, 4.69) is 31.0 Å². The second kappa shape index (κ2) is 10.4. The number of benzene rings is 1. The van der Waals surface area contributed by atoms with Crippen molar-refractivity contribution >= 4 is 11.4 Å². The van der Waals surface area contributed by atoms with Crippen molar-refractivity contribution in [2.24, 2.45) is 0 Å². The molecular weight excluding hydrogens is 434 g/mol. The normalized spacial score (nSPS) is 11.7. The van der Waals surface area contributed by atoms with Gasteiger partial charge in [0.25, 0.3) is 0 Å². The smallest absolute Gasteiger partial charge is 0.242 e. The van der Waals surface area contributed by atoms with Crippen LogP contribution < -0.4 is 15.1 Å². The molecule has 184 valence electrons. The van der Waals surface area contributed by atoms with Gasteiger partial charge in [-0.25, -0.2) is 4.68 Å². The molecule has 0 radical (unpaired) electrons. The van der Waals surface area contributed by atoms with Gasteiger partial charge in [-0.2, -0.15) is 4.52 Å². The van der Waals surface area contributed by atoms with E-state index in [9.17, 15) is 4.79 Å². The number of aryl methyl sites for hydroxylation is 1. The number of hydrogen-bond donors (Lipinski definition) is 2. The quantitative estimate of drug-likeness (QED) is 0.348. The summed E-state index contributed by atoms with van der Waals surface area (Å²) in [6, 6.07) is 5.57. The van der Waals surface area contributed by atoms with E-state index in [4.69, 9.17) is 20.0 Å². The summed E-state index contributed by atoms with van der Waals surface area (Å²) in [4.78, 5) is 13.3. The molecule has 0 aliphatic heterocycles. The number of aromatic nitrogens is 4. The van der Waals surface area contributed by atoms with E-state index in [0.717, 1.165) is 23.1 Å². The first-order chi connectivity index (χ1) is 16.1. The van der Waals surface area contributed by atoms with Crippen molar-refractivity contribution in [2.45, 2.75) is 66.3 Å². The van der Waals surface area contributed by atoms with Crippen LogP contribution in [-0.4, -0.2) is 50.1 Å². The molecule has 2 N–H and O–H groups in total. The van der Waals surface area contributed by atoms with Crippen LogP contribution >= 0.6 is 0 Å². The third kappa shape index (κ3) is 5.47. The first-order valence-corrected chi connectivity index (χ1v) is 11.6. The summed E-state index contributed by atoms with van der Waals surface area (Å²) in [7, 11) is 0. The zero-order valence-corrected chi connectivity index (χ0v) is 20.9. The van der Waals surface area contributed by atoms with Gasteiger partial charge in [-0.3, -0.25) is 10.2 Å². The van der Waals surface area contributed by atoms with E-state index in [1.807, 2.05) is 32.9 Å². The van der Waals surface area contributed by atoms with Gasteiger partial charge in [0.2, 0.25) is 11.5 Å². The summed E-state index contributed by atoms with van der Waals surface area (Å²) in [6.45, 7) is 12.9. The number of ketones is 1. The lowest BCUT2D eigenvalue weighted by atomic mass is 9.85. The molecule has 34 heavy (non-hydrogen) atoms. The molecule has 0 spiro atoms. The van der Waals surface area contributed by atoms with Gasteiger partial charge >= 0.3 is 0 Å². The minimum Gasteiger partial charge on any atom is -0.494 e. The maximum absolute atomic E-state index is 13.3. The number of nitrogens with one attached hydrogen (secondary N) is 1. The van der Waals surface area contributed by atoms with Crippen LogP contribution in [0, 0.1) is 19.3 Å². The van der Waals surface area contributed by atoms with Crippen LogP contribution in [0.4, 0.5) is 0 Å². The summed E-state index contributed by atoms with van der Waals surface area (Å²) in [5.74, 6) is 0.902. The number of aliphatic hydroxyl groups excluding tert-OH is 1. The standard InChI is InChI=1S/C25H35N5O4/c1-7-33-23-17(3)16(2)22-27-29(24(26)30(22)28-23)15-21(32)18-12-19(25(4,5)6)14-20(13-18)34-11-9-8-10-31/h12-14,26,31H,7-11,15H2,1-6H3. The zero-order valence-electron chi connectivity index (χ0n) is 20.9. The molecule has 0 amide bonds. The summed E-state index contributed by atoms with van der Waals surface area (Å²) in [5.41, 5.74) is 3.55. The Morgan fingerprint density at radius 1 is 1.09 bits per heavy atom. The molecule has 3 aromatic rings. The molecule has 0 aliphatic carbocycles. The van der Waals surface area contributed by atoms with Crippen molar-refractivity contribution in [3.05, 3.63) is 46.1 Å². The minimum absolute atomic E-state index is 0.000133. The Kier molecular flexibility index (Phi) is 7.76. The predicted octanol–water partition coefficient (Wildman–Crippen LogP) is 3.36. The van der Waals surface area contributed by atoms with Crippen LogP contribution in [-0.2, 0) is 12.0 Å². The average molecular weight is 470 g/mol. The molecule has 2 aromatic heterocycles. The fourth-order valence-electron chi connectivity index (χ4n) is 3.53. The third-order valence-corrected chi connectivity index (χ3v) is 5.76. The Morgan fingerprint density at radius 2 is 1.82 bits per heavy atom. The lowest BCUT2D eigenvalue weighted by molar-refractivity contribution is 0.0965. The van der Waals surface area contributed by atoms with Crippen molar-refractivity contribution in [1.29, 1.82) is 5.41 Å². The Hall–Kier alpha value is -3.20. The molecule has 0 atom stereocenters. The second-order valence-corrected chi connectivity index (χ2v) is 9.40. The fourth-order valence-corrected chi connectivity index (χ4v) is 3.53. The number of Topliss-reactive ketones (excluding diaryl/α,β-unsaturated/α-hetero) is 1.